The summed E-state index contributed by atoms with van der Waals surface area (Å²) < 4.78 is 32.5. The molecule has 0 bridgehead atoms. The Hall–Kier alpha value is -1.34. The largest absolute Gasteiger partial charge is 0.496 e. The Bertz CT molecular complexity index is 641. The second kappa shape index (κ2) is 14.6. The SMILES string of the molecule is CCOC(=O)C(CC)P(=O)(OCC)OCC.COc1cc(C=O)ccc1SC. The Labute approximate surface area is 172 Å². The van der Waals surface area contributed by atoms with Gasteiger partial charge in [0.05, 0.1) is 26.9 Å². The molecule has 0 aliphatic rings. The number of carbonyl (C=O) groups excluding carboxylic acids is 2. The quantitative estimate of drug-likeness (QED) is 0.212. The van der Waals surface area contributed by atoms with Crippen molar-refractivity contribution in [2.24, 2.45) is 0 Å². The van der Waals surface area contributed by atoms with Crippen LogP contribution in [0, 0.1) is 0 Å². The minimum Gasteiger partial charge on any atom is -0.496 e. The molecule has 0 spiro atoms. The van der Waals surface area contributed by atoms with Crippen LogP contribution in [-0.4, -0.2) is 51.1 Å². The van der Waals surface area contributed by atoms with Gasteiger partial charge in [-0.05, 0) is 45.6 Å². The van der Waals surface area contributed by atoms with Gasteiger partial charge in [-0.15, -0.1) is 11.8 Å². The zero-order valence-corrected chi connectivity index (χ0v) is 19.1. The molecule has 1 atom stereocenters. The molecular formula is C19H31O7PS. The van der Waals surface area contributed by atoms with Gasteiger partial charge in [0.2, 0.25) is 0 Å². The molecule has 0 aromatic heterocycles. The first-order valence-corrected chi connectivity index (χ1v) is 11.9. The van der Waals surface area contributed by atoms with E-state index in [2.05, 4.69) is 0 Å². The maximum absolute atomic E-state index is 12.3. The van der Waals surface area contributed by atoms with E-state index in [4.69, 9.17) is 18.5 Å². The fourth-order valence-corrected chi connectivity index (χ4v) is 4.74. The standard InChI is InChI=1S/C10H21O5P.C9H10O2S/c1-5-9(10(11)13-6-2)16(12,14-7-3)15-8-4;1-11-8-5-7(6-10)3-4-9(8)12-2/h9H,5-8H2,1-4H3;3-6H,1-2H3. The Kier molecular flexibility index (Phi) is 13.9. The number of hydrogen-bond acceptors (Lipinski definition) is 8. The van der Waals surface area contributed by atoms with Gasteiger partial charge in [-0.1, -0.05) is 13.0 Å². The third kappa shape index (κ3) is 8.35. The Morgan fingerprint density at radius 2 is 1.75 bits per heavy atom. The molecule has 1 rings (SSSR count). The molecule has 0 saturated carbocycles. The van der Waals surface area contributed by atoms with E-state index in [1.165, 1.54) is 0 Å². The Morgan fingerprint density at radius 3 is 2.14 bits per heavy atom. The Balaban J connectivity index is 0.000000540. The van der Waals surface area contributed by atoms with Gasteiger partial charge in [0, 0.05) is 10.5 Å². The predicted molar refractivity (Wildman–Crippen MR) is 112 cm³/mol. The molecule has 0 amide bonds. The van der Waals surface area contributed by atoms with Crippen LogP contribution < -0.4 is 4.74 Å². The summed E-state index contributed by atoms with van der Waals surface area (Å²) in [4.78, 5) is 23.1. The molecule has 0 heterocycles. The lowest BCUT2D eigenvalue weighted by Crippen LogP contribution is -2.25. The second-order valence-electron chi connectivity index (χ2n) is 5.28. The van der Waals surface area contributed by atoms with Crippen LogP contribution in [0.15, 0.2) is 23.1 Å². The summed E-state index contributed by atoms with van der Waals surface area (Å²) in [7, 11) is -1.79. The highest BCUT2D eigenvalue weighted by Gasteiger charge is 2.40. The summed E-state index contributed by atoms with van der Waals surface area (Å²) in [6.45, 7) is 7.63. The van der Waals surface area contributed by atoms with Crippen LogP contribution in [0.4, 0.5) is 0 Å². The third-order valence-electron chi connectivity index (χ3n) is 3.49. The lowest BCUT2D eigenvalue weighted by atomic mass is 10.2. The zero-order valence-electron chi connectivity index (χ0n) is 17.4. The van der Waals surface area contributed by atoms with Gasteiger partial charge in [0.25, 0.3) is 0 Å². The first-order chi connectivity index (χ1) is 13.4. The molecule has 1 aromatic rings. The second-order valence-corrected chi connectivity index (χ2v) is 8.35. The van der Waals surface area contributed by atoms with Crippen molar-refractivity contribution in [3.63, 3.8) is 0 Å². The molecule has 9 heteroatoms. The summed E-state index contributed by atoms with van der Waals surface area (Å²) in [6.07, 6.45) is 3.15. The molecule has 28 heavy (non-hydrogen) atoms. The van der Waals surface area contributed by atoms with E-state index in [1.807, 2.05) is 12.3 Å². The summed E-state index contributed by atoms with van der Waals surface area (Å²) in [6, 6.07) is 5.40. The first-order valence-electron chi connectivity index (χ1n) is 9.09. The molecule has 0 fully saturated rings. The number of ether oxygens (including phenoxy) is 2. The average Bonchev–Trinajstić information content (AvgIpc) is 2.68. The Morgan fingerprint density at radius 1 is 1.14 bits per heavy atom. The molecular weight excluding hydrogens is 403 g/mol. The molecule has 0 radical (unpaired) electrons. The van der Waals surface area contributed by atoms with E-state index in [1.54, 1.807) is 58.7 Å². The molecule has 160 valence electrons. The van der Waals surface area contributed by atoms with Crippen molar-refractivity contribution in [2.75, 3.05) is 33.2 Å². The fraction of sp³-hybridized carbons (Fsp3) is 0.579. The highest BCUT2D eigenvalue weighted by atomic mass is 32.2. The van der Waals surface area contributed by atoms with E-state index in [0.717, 1.165) is 16.9 Å². The van der Waals surface area contributed by atoms with Crippen LogP contribution in [0.3, 0.4) is 0 Å². The highest BCUT2D eigenvalue weighted by Crippen LogP contribution is 2.54. The van der Waals surface area contributed by atoms with Crippen molar-refractivity contribution in [3.05, 3.63) is 23.8 Å². The minimum atomic E-state index is -3.39. The fourth-order valence-electron chi connectivity index (χ4n) is 2.26. The summed E-state index contributed by atoms with van der Waals surface area (Å²) in [5.74, 6) is 0.238. The molecule has 0 saturated heterocycles. The van der Waals surface area contributed by atoms with Crippen molar-refractivity contribution in [3.8, 4) is 5.75 Å². The van der Waals surface area contributed by atoms with Gasteiger partial charge >= 0.3 is 13.6 Å². The van der Waals surface area contributed by atoms with Gasteiger partial charge < -0.3 is 18.5 Å². The van der Waals surface area contributed by atoms with E-state index >= 15 is 0 Å². The third-order valence-corrected chi connectivity index (χ3v) is 6.84. The highest BCUT2D eigenvalue weighted by molar-refractivity contribution is 7.98. The van der Waals surface area contributed by atoms with E-state index in [-0.39, 0.29) is 19.8 Å². The van der Waals surface area contributed by atoms with E-state index in [0.29, 0.717) is 12.0 Å². The van der Waals surface area contributed by atoms with E-state index < -0.39 is 19.2 Å². The van der Waals surface area contributed by atoms with Gasteiger partial charge in [-0.25, -0.2) is 0 Å². The average molecular weight is 434 g/mol. The zero-order chi connectivity index (χ0) is 21.6. The molecule has 1 aromatic carbocycles. The maximum atomic E-state index is 12.3. The minimum absolute atomic E-state index is 0.243. The summed E-state index contributed by atoms with van der Waals surface area (Å²) >= 11 is 1.60. The maximum Gasteiger partial charge on any atom is 0.344 e. The number of esters is 1. The molecule has 1 unspecified atom stereocenters. The van der Waals surface area contributed by atoms with Gasteiger partial charge in [-0.2, -0.15) is 0 Å². The lowest BCUT2D eigenvalue weighted by molar-refractivity contribution is -0.143. The van der Waals surface area contributed by atoms with Crippen molar-refractivity contribution in [1.82, 2.24) is 0 Å². The van der Waals surface area contributed by atoms with Crippen LogP contribution in [0.5, 0.6) is 5.75 Å². The van der Waals surface area contributed by atoms with Crippen LogP contribution >= 0.6 is 19.4 Å². The van der Waals surface area contributed by atoms with Crippen LogP contribution in [0.2, 0.25) is 0 Å². The summed E-state index contributed by atoms with van der Waals surface area (Å²) in [5, 5.41) is 0. The van der Waals surface area contributed by atoms with Crippen molar-refractivity contribution < 1.29 is 32.7 Å². The smallest absolute Gasteiger partial charge is 0.344 e. The van der Waals surface area contributed by atoms with Crippen molar-refractivity contribution in [2.45, 2.75) is 44.7 Å². The van der Waals surface area contributed by atoms with Gasteiger partial charge in [0.15, 0.2) is 5.66 Å². The number of carbonyl (C=O) groups is 2. The predicted octanol–water partition coefficient (Wildman–Crippen LogP) is 4.82. The van der Waals surface area contributed by atoms with Gasteiger partial charge in [-0.3, -0.25) is 14.2 Å². The number of aldehydes is 1. The molecule has 0 aliphatic carbocycles. The normalized spacial score (nSPS) is 11.8. The van der Waals surface area contributed by atoms with Crippen molar-refractivity contribution >= 4 is 31.6 Å². The molecule has 0 aliphatic heterocycles. The molecule has 0 N–H and O–H groups in total. The van der Waals surface area contributed by atoms with Crippen LogP contribution in [-0.2, 0) is 23.1 Å². The topological polar surface area (TPSA) is 88.1 Å². The number of hydrogen-bond donors (Lipinski definition) is 0. The summed E-state index contributed by atoms with van der Waals surface area (Å²) in [5.41, 5.74) is -0.183. The number of thioether (sulfide) groups is 1. The monoisotopic (exact) mass is 434 g/mol. The van der Waals surface area contributed by atoms with Crippen LogP contribution in [0.25, 0.3) is 0 Å². The van der Waals surface area contributed by atoms with Gasteiger partial charge in [0.1, 0.15) is 12.0 Å². The number of methoxy groups -OCH3 is 1. The first kappa shape index (κ1) is 26.7. The molecule has 7 nitrogen and oxygen atoms in total. The number of rotatable bonds is 11. The number of benzene rings is 1. The van der Waals surface area contributed by atoms with E-state index in [9.17, 15) is 14.2 Å². The van der Waals surface area contributed by atoms with Crippen LogP contribution in [0.1, 0.15) is 44.5 Å². The van der Waals surface area contributed by atoms with Crippen molar-refractivity contribution in [1.29, 1.82) is 0 Å². The lowest BCUT2D eigenvalue weighted by Gasteiger charge is -2.23.